The Morgan fingerprint density at radius 3 is 2.78 bits per heavy atom. The van der Waals surface area contributed by atoms with Crippen LogP contribution in [-0.4, -0.2) is 11.1 Å². The van der Waals surface area contributed by atoms with E-state index in [1.807, 2.05) is 12.1 Å². The average Bonchev–Trinajstić information content (AvgIpc) is 2.84. The molecule has 2 nitrogen and oxygen atoms in total. The Morgan fingerprint density at radius 2 is 2.06 bits per heavy atom. The number of hydrogen-bond acceptors (Lipinski definition) is 1. The second-order valence-corrected chi connectivity index (χ2v) is 4.37. The summed E-state index contributed by atoms with van der Waals surface area (Å²) in [5, 5.41) is 3.33. The third-order valence-corrected chi connectivity index (χ3v) is 3.03. The van der Waals surface area contributed by atoms with Gasteiger partial charge < -0.3 is 9.88 Å². The molecule has 1 heterocycles. The first-order chi connectivity index (χ1) is 8.79. The number of hydrogen-bond donors (Lipinski definition) is 1. The molecule has 0 aliphatic heterocycles. The molecule has 18 heavy (non-hydrogen) atoms. The predicted molar refractivity (Wildman–Crippen MR) is 71.9 cm³/mol. The van der Waals surface area contributed by atoms with E-state index in [4.69, 9.17) is 0 Å². The highest BCUT2D eigenvalue weighted by atomic mass is 19.1. The van der Waals surface area contributed by atoms with Crippen molar-refractivity contribution in [2.75, 3.05) is 6.54 Å². The van der Waals surface area contributed by atoms with Gasteiger partial charge in [0.2, 0.25) is 0 Å². The summed E-state index contributed by atoms with van der Waals surface area (Å²) in [5.74, 6) is -0.114. The Kier molecular flexibility index (Phi) is 4.53. The third kappa shape index (κ3) is 3.44. The maximum atomic E-state index is 13.4. The van der Waals surface area contributed by atoms with Gasteiger partial charge in [-0.1, -0.05) is 18.2 Å². The van der Waals surface area contributed by atoms with E-state index in [0.29, 0.717) is 0 Å². The molecule has 2 rings (SSSR count). The number of halogens is 1. The molecule has 96 valence electrons. The van der Waals surface area contributed by atoms with Crippen molar-refractivity contribution in [3.8, 4) is 0 Å². The molecule has 3 heteroatoms. The van der Waals surface area contributed by atoms with E-state index >= 15 is 0 Å². The van der Waals surface area contributed by atoms with E-state index < -0.39 is 0 Å². The summed E-state index contributed by atoms with van der Waals surface area (Å²) in [4.78, 5) is 0. The van der Waals surface area contributed by atoms with Crippen LogP contribution in [0.2, 0.25) is 0 Å². The zero-order valence-electron chi connectivity index (χ0n) is 10.7. The van der Waals surface area contributed by atoms with Crippen LogP contribution in [0.1, 0.15) is 18.1 Å². The minimum Gasteiger partial charge on any atom is -0.354 e. The topological polar surface area (TPSA) is 17.0 Å². The van der Waals surface area contributed by atoms with Crippen molar-refractivity contribution in [1.82, 2.24) is 9.88 Å². The molecule has 0 unspecified atom stereocenters. The lowest BCUT2D eigenvalue weighted by Crippen LogP contribution is -2.16. The van der Waals surface area contributed by atoms with Crippen LogP contribution in [0, 0.1) is 5.82 Å². The highest BCUT2D eigenvalue weighted by Crippen LogP contribution is 2.06. The number of aromatic nitrogens is 1. The van der Waals surface area contributed by atoms with Crippen molar-refractivity contribution in [1.29, 1.82) is 0 Å². The summed E-state index contributed by atoms with van der Waals surface area (Å²) in [6, 6.07) is 9.06. The smallest absolute Gasteiger partial charge is 0.126 e. The summed E-state index contributed by atoms with van der Waals surface area (Å²) in [6.07, 6.45) is 4.94. The van der Waals surface area contributed by atoms with E-state index in [0.717, 1.165) is 31.6 Å². The highest BCUT2D eigenvalue weighted by Gasteiger charge is 2.00. The molecule has 1 aromatic heterocycles. The fraction of sp³-hybridized carbons (Fsp3) is 0.333. The maximum Gasteiger partial charge on any atom is 0.126 e. The molecule has 0 atom stereocenters. The van der Waals surface area contributed by atoms with Crippen LogP contribution in [0.5, 0.6) is 0 Å². The van der Waals surface area contributed by atoms with Gasteiger partial charge in [0.25, 0.3) is 0 Å². The molecule has 0 fully saturated rings. The van der Waals surface area contributed by atoms with Crippen LogP contribution in [0.4, 0.5) is 4.39 Å². The van der Waals surface area contributed by atoms with Gasteiger partial charge in [-0.2, -0.15) is 0 Å². The summed E-state index contributed by atoms with van der Waals surface area (Å²) in [7, 11) is 0. The zero-order valence-corrected chi connectivity index (χ0v) is 10.7. The predicted octanol–water partition coefficient (Wildman–Crippen LogP) is 2.98. The molecule has 0 saturated carbocycles. The van der Waals surface area contributed by atoms with Crippen LogP contribution >= 0.6 is 0 Å². The van der Waals surface area contributed by atoms with Gasteiger partial charge in [-0.3, -0.25) is 0 Å². The lowest BCUT2D eigenvalue weighted by molar-refractivity contribution is 0.597. The number of nitrogens with zero attached hydrogens (tertiary/aromatic N) is 1. The molecule has 0 spiro atoms. The first-order valence-electron chi connectivity index (χ1n) is 6.38. The first-order valence-corrected chi connectivity index (χ1v) is 6.38. The van der Waals surface area contributed by atoms with Crippen molar-refractivity contribution in [2.24, 2.45) is 0 Å². The normalized spacial score (nSPS) is 10.8. The standard InChI is InChI=1S/C15H19FN2/c1-2-18-10-8-13(12-18)11-17-9-7-14-5-3-4-6-15(14)16/h3-6,8,10,12,17H,2,7,9,11H2,1H3. The largest absolute Gasteiger partial charge is 0.354 e. The lowest BCUT2D eigenvalue weighted by Gasteiger charge is -2.04. The minimum atomic E-state index is -0.114. The Morgan fingerprint density at radius 1 is 1.22 bits per heavy atom. The van der Waals surface area contributed by atoms with Crippen LogP contribution in [0.3, 0.4) is 0 Å². The number of nitrogens with one attached hydrogen (secondary N) is 1. The summed E-state index contributed by atoms with van der Waals surface area (Å²) < 4.78 is 15.5. The number of rotatable bonds is 6. The van der Waals surface area contributed by atoms with Gasteiger partial charge in [0.1, 0.15) is 5.82 Å². The molecular weight excluding hydrogens is 227 g/mol. The Hall–Kier alpha value is -1.61. The van der Waals surface area contributed by atoms with Gasteiger partial charge in [-0.15, -0.1) is 0 Å². The summed E-state index contributed by atoms with van der Waals surface area (Å²) in [5.41, 5.74) is 2.04. The zero-order chi connectivity index (χ0) is 12.8. The first kappa shape index (κ1) is 12.8. The maximum absolute atomic E-state index is 13.4. The van der Waals surface area contributed by atoms with Crippen LogP contribution < -0.4 is 5.32 Å². The molecule has 0 bridgehead atoms. The Balaban J connectivity index is 1.74. The average molecular weight is 246 g/mol. The Labute approximate surface area is 107 Å². The minimum absolute atomic E-state index is 0.114. The monoisotopic (exact) mass is 246 g/mol. The molecule has 0 aliphatic carbocycles. The number of aryl methyl sites for hydroxylation is 1. The van der Waals surface area contributed by atoms with Crippen LogP contribution in [0.25, 0.3) is 0 Å². The van der Waals surface area contributed by atoms with E-state index in [2.05, 4.69) is 35.3 Å². The van der Waals surface area contributed by atoms with Crippen molar-refractivity contribution < 1.29 is 4.39 Å². The SMILES string of the molecule is CCn1ccc(CNCCc2ccccc2F)c1. The van der Waals surface area contributed by atoms with Gasteiger partial charge in [0.05, 0.1) is 0 Å². The van der Waals surface area contributed by atoms with Gasteiger partial charge >= 0.3 is 0 Å². The second-order valence-electron chi connectivity index (χ2n) is 4.37. The molecule has 0 amide bonds. The molecule has 0 radical (unpaired) electrons. The van der Waals surface area contributed by atoms with Crippen LogP contribution in [-0.2, 0) is 19.5 Å². The highest BCUT2D eigenvalue weighted by molar-refractivity contribution is 5.17. The molecule has 1 N–H and O–H groups in total. The van der Waals surface area contributed by atoms with Gasteiger partial charge in [0.15, 0.2) is 0 Å². The lowest BCUT2D eigenvalue weighted by atomic mass is 10.1. The molecular formula is C15H19FN2. The molecule has 0 saturated heterocycles. The molecule has 2 aromatic rings. The fourth-order valence-corrected chi connectivity index (χ4v) is 1.95. The van der Waals surface area contributed by atoms with E-state index in [9.17, 15) is 4.39 Å². The Bertz CT molecular complexity index is 491. The van der Waals surface area contributed by atoms with Crippen molar-refractivity contribution >= 4 is 0 Å². The molecule has 1 aromatic carbocycles. The van der Waals surface area contributed by atoms with Crippen molar-refractivity contribution in [3.63, 3.8) is 0 Å². The van der Waals surface area contributed by atoms with E-state index in [1.165, 1.54) is 11.6 Å². The molecule has 0 aliphatic rings. The summed E-state index contributed by atoms with van der Waals surface area (Å²) in [6.45, 7) is 4.74. The fourth-order valence-electron chi connectivity index (χ4n) is 1.95. The van der Waals surface area contributed by atoms with Gasteiger partial charge in [-0.25, -0.2) is 4.39 Å². The van der Waals surface area contributed by atoms with Crippen molar-refractivity contribution in [2.45, 2.75) is 26.4 Å². The van der Waals surface area contributed by atoms with Crippen LogP contribution in [0.15, 0.2) is 42.7 Å². The summed E-state index contributed by atoms with van der Waals surface area (Å²) >= 11 is 0. The number of benzene rings is 1. The van der Waals surface area contributed by atoms with Gasteiger partial charge in [-0.05, 0) is 43.1 Å². The van der Waals surface area contributed by atoms with E-state index in [1.54, 1.807) is 6.07 Å². The third-order valence-electron chi connectivity index (χ3n) is 3.03. The quantitative estimate of drug-likeness (QED) is 0.775. The van der Waals surface area contributed by atoms with Crippen molar-refractivity contribution in [3.05, 3.63) is 59.7 Å². The second kappa shape index (κ2) is 6.36. The van der Waals surface area contributed by atoms with E-state index in [-0.39, 0.29) is 5.82 Å². The van der Waals surface area contributed by atoms with Gasteiger partial charge in [0, 0.05) is 25.5 Å².